The zero-order valence-electron chi connectivity index (χ0n) is 6.37. The Morgan fingerprint density at radius 3 is 3.08 bits per heavy atom. The van der Waals surface area contributed by atoms with E-state index in [9.17, 15) is 5.21 Å². The van der Waals surface area contributed by atoms with Gasteiger partial charge in [0, 0.05) is 20.8 Å². The largest absolute Gasteiger partial charge is 0.619 e. The van der Waals surface area contributed by atoms with Crippen molar-refractivity contribution in [2.24, 2.45) is 0 Å². The lowest BCUT2D eigenvalue weighted by Gasteiger charge is -1.93. The topological polar surface area (TPSA) is 26.9 Å². The van der Waals surface area contributed by atoms with Gasteiger partial charge < -0.3 is 5.21 Å². The fourth-order valence-corrected chi connectivity index (χ4v) is 2.81. The third-order valence-electron chi connectivity index (χ3n) is 1.71. The molecule has 0 aromatic carbocycles. The van der Waals surface area contributed by atoms with Crippen LogP contribution in [0, 0.1) is 12.1 Å². The SMILES string of the molecule is Cc1sc2c[n+]([O-])ccc2c1Br. The molecular weight excluding hydrogens is 238 g/mol. The second-order valence-electron chi connectivity index (χ2n) is 2.55. The number of thiophene rings is 1. The van der Waals surface area contributed by atoms with Gasteiger partial charge in [-0.2, -0.15) is 4.73 Å². The number of nitrogens with zero attached hydrogens (tertiary/aromatic N) is 1. The molecule has 0 unspecified atom stereocenters. The smallest absolute Gasteiger partial charge is 0.198 e. The summed E-state index contributed by atoms with van der Waals surface area (Å²) < 4.78 is 2.95. The lowest BCUT2D eigenvalue weighted by molar-refractivity contribution is -0.603. The van der Waals surface area contributed by atoms with E-state index < -0.39 is 0 Å². The molecule has 2 aromatic heterocycles. The Morgan fingerprint density at radius 2 is 2.33 bits per heavy atom. The fourth-order valence-electron chi connectivity index (χ4n) is 1.12. The fraction of sp³-hybridized carbons (Fsp3) is 0.125. The van der Waals surface area contributed by atoms with Gasteiger partial charge in [0.2, 0.25) is 0 Å². The molecule has 0 atom stereocenters. The molecule has 0 saturated heterocycles. The second kappa shape index (κ2) is 2.71. The molecule has 0 radical (unpaired) electrons. The highest BCUT2D eigenvalue weighted by Crippen LogP contribution is 2.33. The molecule has 12 heavy (non-hydrogen) atoms. The van der Waals surface area contributed by atoms with Gasteiger partial charge in [-0.1, -0.05) is 0 Å². The maximum atomic E-state index is 10.9. The van der Waals surface area contributed by atoms with Crippen molar-refractivity contribution < 1.29 is 4.73 Å². The first-order chi connectivity index (χ1) is 5.68. The van der Waals surface area contributed by atoms with Crippen LogP contribution in [0.25, 0.3) is 10.1 Å². The maximum Gasteiger partial charge on any atom is 0.198 e. The van der Waals surface area contributed by atoms with Crippen LogP contribution in [0.4, 0.5) is 0 Å². The normalized spacial score (nSPS) is 10.8. The van der Waals surface area contributed by atoms with Crippen LogP contribution in [0.1, 0.15) is 4.88 Å². The van der Waals surface area contributed by atoms with Gasteiger partial charge in [-0.3, -0.25) is 0 Å². The maximum absolute atomic E-state index is 10.9. The van der Waals surface area contributed by atoms with Gasteiger partial charge in [0.05, 0.1) is 0 Å². The van der Waals surface area contributed by atoms with Gasteiger partial charge in [0.1, 0.15) is 4.70 Å². The van der Waals surface area contributed by atoms with Crippen LogP contribution in [0.5, 0.6) is 0 Å². The third kappa shape index (κ3) is 1.11. The summed E-state index contributed by atoms with van der Waals surface area (Å²) in [5.74, 6) is 0. The minimum absolute atomic E-state index is 0.824. The van der Waals surface area contributed by atoms with Crippen molar-refractivity contribution >= 4 is 37.4 Å². The molecule has 4 heteroatoms. The molecular formula is C8H6BrNOS. The Balaban J connectivity index is 2.87. The molecule has 2 rings (SSSR count). The van der Waals surface area contributed by atoms with E-state index in [0.29, 0.717) is 0 Å². The third-order valence-corrected chi connectivity index (χ3v) is 4.05. The standard InChI is InChI=1S/C8H6BrNOS/c1-5-8(9)6-2-3-10(11)4-7(6)12-5/h2-4H,1H3. The van der Waals surface area contributed by atoms with Crippen molar-refractivity contribution in [2.45, 2.75) is 6.92 Å². The molecule has 2 heterocycles. The van der Waals surface area contributed by atoms with Gasteiger partial charge in [0.15, 0.2) is 12.4 Å². The Labute approximate surface area is 82.2 Å². The lowest BCUT2D eigenvalue weighted by Crippen LogP contribution is -2.23. The Bertz CT molecular complexity index is 438. The molecule has 0 aliphatic carbocycles. The summed E-state index contributed by atoms with van der Waals surface area (Å²) in [6.07, 6.45) is 3.11. The van der Waals surface area contributed by atoms with Crippen LogP contribution in [-0.2, 0) is 0 Å². The van der Waals surface area contributed by atoms with Crippen molar-refractivity contribution in [3.63, 3.8) is 0 Å². The van der Waals surface area contributed by atoms with E-state index in [0.717, 1.165) is 19.3 Å². The van der Waals surface area contributed by atoms with Gasteiger partial charge >= 0.3 is 0 Å². The zero-order valence-corrected chi connectivity index (χ0v) is 8.78. The molecule has 0 saturated carbocycles. The monoisotopic (exact) mass is 243 g/mol. The van der Waals surface area contributed by atoms with Crippen LogP contribution >= 0.6 is 27.3 Å². The van der Waals surface area contributed by atoms with E-state index in [1.54, 1.807) is 17.5 Å². The highest BCUT2D eigenvalue weighted by atomic mass is 79.9. The average molecular weight is 244 g/mol. The molecule has 0 fully saturated rings. The number of hydrogen-bond acceptors (Lipinski definition) is 2. The van der Waals surface area contributed by atoms with Crippen LogP contribution in [-0.4, -0.2) is 0 Å². The van der Waals surface area contributed by atoms with Crippen molar-refractivity contribution in [2.75, 3.05) is 0 Å². The van der Waals surface area contributed by atoms with E-state index in [2.05, 4.69) is 15.9 Å². The van der Waals surface area contributed by atoms with E-state index in [1.165, 1.54) is 11.1 Å². The first-order valence-electron chi connectivity index (χ1n) is 3.46. The zero-order chi connectivity index (χ0) is 8.72. The van der Waals surface area contributed by atoms with E-state index >= 15 is 0 Å². The number of fused-ring (bicyclic) bond motifs is 1. The van der Waals surface area contributed by atoms with Crippen molar-refractivity contribution in [1.82, 2.24) is 0 Å². The van der Waals surface area contributed by atoms with E-state index in [-0.39, 0.29) is 0 Å². The molecule has 2 aromatic rings. The van der Waals surface area contributed by atoms with Gasteiger partial charge in [-0.15, -0.1) is 11.3 Å². The second-order valence-corrected chi connectivity index (χ2v) is 4.60. The molecule has 62 valence electrons. The number of rotatable bonds is 0. The van der Waals surface area contributed by atoms with Crippen molar-refractivity contribution in [3.05, 3.63) is 33.0 Å². The minimum Gasteiger partial charge on any atom is -0.619 e. The first-order valence-corrected chi connectivity index (χ1v) is 5.07. The number of aryl methyl sites for hydroxylation is 1. The summed E-state index contributed by atoms with van der Waals surface area (Å²) in [4.78, 5) is 1.20. The Kier molecular flexibility index (Phi) is 1.81. The van der Waals surface area contributed by atoms with Crippen LogP contribution < -0.4 is 4.73 Å². The van der Waals surface area contributed by atoms with E-state index in [1.807, 2.05) is 13.0 Å². The number of aromatic nitrogens is 1. The summed E-state index contributed by atoms with van der Waals surface area (Å²) in [6.45, 7) is 2.03. The molecule has 0 aliphatic rings. The first kappa shape index (κ1) is 8.01. The molecule has 0 spiro atoms. The Hall–Kier alpha value is -0.610. The van der Waals surface area contributed by atoms with Gasteiger partial charge in [0.25, 0.3) is 0 Å². The average Bonchev–Trinajstić information content (AvgIpc) is 2.28. The van der Waals surface area contributed by atoms with Gasteiger partial charge in [-0.05, 0) is 22.9 Å². The van der Waals surface area contributed by atoms with E-state index in [4.69, 9.17) is 0 Å². The molecule has 0 bridgehead atoms. The van der Waals surface area contributed by atoms with Gasteiger partial charge in [-0.25, -0.2) is 0 Å². The Morgan fingerprint density at radius 1 is 1.58 bits per heavy atom. The van der Waals surface area contributed by atoms with Crippen molar-refractivity contribution in [3.8, 4) is 0 Å². The summed E-state index contributed by atoms with van der Waals surface area (Å²) in [6, 6.07) is 1.83. The lowest BCUT2D eigenvalue weighted by atomic mass is 10.3. The summed E-state index contributed by atoms with van der Waals surface area (Å²) in [7, 11) is 0. The highest BCUT2D eigenvalue weighted by Gasteiger charge is 2.07. The summed E-state index contributed by atoms with van der Waals surface area (Å²) in [5.41, 5.74) is 0. The number of halogens is 1. The number of pyridine rings is 1. The number of hydrogen-bond donors (Lipinski definition) is 0. The van der Waals surface area contributed by atoms with Crippen LogP contribution in [0.3, 0.4) is 0 Å². The quantitative estimate of drug-likeness (QED) is 0.517. The van der Waals surface area contributed by atoms with Crippen molar-refractivity contribution in [1.29, 1.82) is 0 Å². The molecule has 0 aliphatic heterocycles. The predicted molar refractivity (Wildman–Crippen MR) is 53.2 cm³/mol. The van der Waals surface area contributed by atoms with Crippen LogP contribution in [0.15, 0.2) is 22.9 Å². The summed E-state index contributed by atoms with van der Waals surface area (Å²) >= 11 is 5.10. The summed E-state index contributed by atoms with van der Waals surface area (Å²) in [5, 5.41) is 12.0. The molecule has 0 N–H and O–H groups in total. The molecule has 0 amide bonds. The molecule has 2 nitrogen and oxygen atoms in total. The highest BCUT2D eigenvalue weighted by molar-refractivity contribution is 9.10. The minimum atomic E-state index is 0.824. The van der Waals surface area contributed by atoms with Crippen LogP contribution in [0.2, 0.25) is 0 Å². The predicted octanol–water partition coefficient (Wildman–Crippen LogP) is 2.61.